The van der Waals surface area contributed by atoms with Crippen molar-refractivity contribution < 1.29 is 44.6 Å². The lowest BCUT2D eigenvalue weighted by molar-refractivity contribution is -0.272. The van der Waals surface area contributed by atoms with E-state index in [0.29, 0.717) is 12.8 Å². The molecule has 7 N–H and O–H groups in total. The summed E-state index contributed by atoms with van der Waals surface area (Å²) in [5.74, 6) is 0.0308. The second-order valence-corrected chi connectivity index (χ2v) is 18.3. The van der Waals surface area contributed by atoms with Gasteiger partial charge in [0.05, 0.1) is 25.4 Å². The smallest absolute Gasteiger partial charge is 0.220 e. The van der Waals surface area contributed by atoms with Gasteiger partial charge in [0.25, 0.3) is 0 Å². The molecule has 11 nitrogen and oxygen atoms in total. The minimum atomic E-state index is -1.49. The van der Waals surface area contributed by atoms with E-state index in [2.05, 4.69) is 31.4 Å². The molecule has 59 heavy (non-hydrogen) atoms. The Kier molecular flexibility index (Phi) is 35.1. The predicted octanol–water partition coefficient (Wildman–Crippen LogP) is 8.92. The van der Waals surface area contributed by atoms with Crippen molar-refractivity contribution >= 4 is 11.8 Å². The Hall–Kier alpha value is -1.34. The van der Waals surface area contributed by atoms with Crippen molar-refractivity contribution in [2.45, 2.75) is 276 Å². The van der Waals surface area contributed by atoms with E-state index >= 15 is 0 Å². The topological polar surface area (TPSA) is 178 Å². The molecule has 350 valence electrons. The predicted molar refractivity (Wildman–Crippen MR) is 239 cm³/mol. The fraction of sp³-hybridized carbons (Fsp3) is 0.958. The van der Waals surface area contributed by atoms with Gasteiger partial charge in [0, 0.05) is 13.3 Å². The minimum absolute atomic E-state index is 0.257. The maximum absolute atomic E-state index is 13.1. The number of aliphatic hydroxyl groups is 5. The average Bonchev–Trinajstić information content (AvgIpc) is 3.21. The molecule has 0 spiro atoms. The molecule has 0 aliphatic carbocycles. The number of unbranched alkanes of at least 4 members (excludes halogenated alkanes) is 26. The summed E-state index contributed by atoms with van der Waals surface area (Å²) in [6.45, 7) is 7.19. The Morgan fingerprint density at radius 2 is 1.05 bits per heavy atom. The zero-order valence-electron chi connectivity index (χ0n) is 38.4. The molecule has 2 amide bonds. The molecule has 1 rings (SSSR count). The summed E-state index contributed by atoms with van der Waals surface area (Å²) in [6, 6.07) is -2.15. The van der Waals surface area contributed by atoms with E-state index in [1.54, 1.807) is 0 Å². The minimum Gasteiger partial charge on any atom is -0.394 e. The maximum Gasteiger partial charge on any atom is 0.220 e. The molecule has 0 bridgehead atoms. The summed E-state index contributed by atoms with van der Waals surface area (Å²) in [5.41, 5.74) is 0. The largest absolute Gasteiger partial charge is 0.394 e. The van der Waals surface area contributed by atoms with Crippen LogP contribution in [0.2, 0.25) is 0 Å². The van der Waals surface area contributed by atoms with Crippen LogP contribution in [0.1, 0.15) is 227 Å². The zero-order chi connectivity index (χ0) is 43.5. The van der Waals surface area contributed by atoms with Crippen LogP contribution in [0.25, 0.3) is 0 Å². The molecule has 0 aromatic carbocycles. The second kappa shape index (κ2) is 37.2. The van der Waals surface area contributed by atoms with Crippen LogP contribution in [-0.4, -0.2) is 99.5 Å². The summed E-state index contributed by atoms with van der Waals surface area (Å²) in [7, 11) is 0. The molecule has 1 aliphatic heterocycles. The number of amides is 2. The Morgan fingerprint density at radius 3 is 1.47 bits per heavy atom. The first-order valence-corrected chi connectivity index (χ1v) is 24.7. The van der Waals surface area contributed by atoms with Gasteiger partial charge in [-0.2, -0.15) is 0 Å². The number of nitrogens with one attached hydrogen (secondary N) is 2. The van der Waals surface area contributed by atoms with E-state index in [9.17, 15) is 35.1 Å². The molecular formula is C48H94N2O9. The van der Waals surface area contributed by atoms with Gasteiger partial charge >= 0.3 is 0 Å². The third-order valence-corrected chi connectivity index (χ3v) is 12.1. The third kappa shape index (κ3) is 28.8. The van der Waals surface area contributed by atoms with Crippen LogP contribution in [0.4, 0.5) is 0 Å². The summed E-state index contributed by atoms with van der Waals surface area (Å²) in [4.78, 5) is 25.0. The SMILES string of the molecule is CCCCCCCCCCCCCCCCCCCCCC(=O)N[C@@H](CO[C@H]1O[C@@H](CO)[C@H](O)[C@H](O)[C@@H]1NC(C)=O)[C@H](O)[C@H](O)CCCCCCCCCCCC(C)C. The molecule has 8 atom stereocenters. The first-order chi connectivity index (χ1) is 28.5. The van der Waals surface area contributed by atoms with Gasteiger partial charge in [-0.05, 0) is 18.8 Å². The van der Waals surface area contributed by atoms with Gasteiger partial charge in [0.1, 0.15) is 30.5 Å². The molecule has 0 unspecified atom stereocenters. The average molecular weight is 843 g/mol. The molecule has 11 heteroatoms. The number of carbonyl (C=O) groups is 2. The van der Waals surface area contributed by atoms with Crippen molar-refractivity contribution in [1.82, 2.24) is 10.6 Å². The highest BCUT2D eigenvalue weighted by molar-refractivity contribution is 5.76. The van der Waals surface area contributed by atoms with Crippen LogP contribution in [-0.2, 0) is 19.1 Å². The third-order valence-electron chi connectivity index (χ3n) is 12.1. The van der Waals surface area contributed by atoms with Gasteiger partial charge in [0.2, 0.25) is 11.8 Å². The van der Waals surface area contributed by atoms with Gasteiger partial charge in [-0.1, -0.05) is 201 Å². The highest BCUT2D eigenvalue weighted by atomic mass is 16.7. The summed E-state index contributed by atoms with van der Waals surface area (Å²) >= 11 is 0. The van der Waals surface area contributed by atoms with Crippen molar-refractivity contribution in [2.75, 3.05) is 13.2 Å². The second-order valence-electron chi connectivity index (χ2n) is 18.3. The Bertz CT molecular complexity index is 988. The maximum atomic E-state index is 13.1. The van der Waals surface area contributed by atoms with Gasteiger partial charge in [-0.3, -0.25) is 9.59 Å². The van der Waals surface area contributed by atoms with Crippen molar-refractivity contribution in [3.8, 4) is 0 Å². The molecule has 0 radical (unpaired) electrons. The molecule has 1 fully saturated rings. The van der Waals surface area contributed by atoms with Gasteiger partial charge in [-0.25, -0.2) is 0 Å². The summed E-state index contributed by atoms with van der Waals surface area (Å²) in [5, 5.41) is 58.5. The Morgan fingerprint density at radius 1 is 0.627 bits per heavy atom. The van der Waals surface area contributed by atoms with Crippen LogP contribution in [0.15, 0.2) is 0 Å². The fourth-order valence-electron chi connectivity index (χ4n) is 8.26. The lowest BCUT2D eigenvalue weighted by Crippen LogP contribution is -2.65. The first-order valence-electron chi connectivity index (χ1n) is 24.7. The van der Waals surface area contributed by atoms with Crippen LogP contribution in [0, 0.1) is 5.92 Å². The van der Waals surface area contributed by atoms with E-state index < -0.39 is 61.4 Å². The monoisotopic (exact) mass is 843 g/mol. The highest BCUT2D eigenvalue weighted by Crippen LogP contribution is 2.24. The standard InChI is InChI=1S/C48H94N2O9/c1-5-6-7-8-9-10-11-12-13-14-15-16-17-18-19-23-26-29-32-35-43(54)50-40(37-58-48-44(49-39(4)52)47(57)46(56)42(36-51)59-48)45(55)41(53)34-31-28-25-22-20-21-24-27-30-33-38(2)3/h38,40-42,44-48,51,53,55-57H,5-37H2,1-4H3,(H,49,52)(H,50,54)/t40-,41+,42-,44-,45-,46-,47+,48-/m0/s1. The van der Waals surface area contributed by atoms with Crippen molar-refractivity contribution in [3.63, 3.8) is 0 Å². The number of hydrogen-bond acceptors (Lipinski definition) is 9. The van der Waals surface area contributed by atoms with Crippen molar-refractivity contribution in [3.05, 3.63) is 0 Å². The molecular weight excluding hydrogens is 749 g/mol. The van der Waals surface area contributed by atoms with E-state index in [1.807, 2.05) is 0 Å². The van der Waals surface area contributed by atoms with Crippen LogP contribution >= 0.6 is 0 Å². The number of aliphatic hydroxyl groups excluding tert-OH is 5. The van der Waals surface area contributed by atoms with Gasteiger partial charge < -0.3 is 45.6 Å². The number of hydrogen-bond donors (Lipinski definition) is 7. The quantitative estimate of drug-likeness (QED) is 0.0297. The van der Waals surface area contributed by atoms with Crippen molar-refractivity contribution in [1.29, 1.82) is 0 Å². The van der Waals surface area contributed by atoms with Crippen LogP contribution in [0.5, 0.6) is 0 Å². The van der Waals surface area contributed by atoms with E-state index in [-0.39, 0.29) is 18.9 Å². The molecule has 1 aliphatic rings. The van der Waals surface area contributed by atoms with E-state index in [4.69, 9.17) is 9.47 Å². The summed E-state index contributed by atoms with van der Waals surface area (Å²) in [6.07, 6.45) is 28.6. The molecule has 1 saturated heterocycles. The fourth-order valence-corrected chi connectivity index (χ4v) is 8.26. The number of rotatable bonds is 40. The molecule has 0 saturated carbocycles. The molecule has 1 heterocycles. The van der Waals surface area contributed by atoms with Gasteiger partial charge in [-0.15, -0.1) is 0 Å². The normalized spacial score (nSPS) is 21.1. The lowest BCUT2D eigenvalue weighted by atomic mass is 9.96. The Balaban J connectivity index is 2.47. The molecule has 0 aromatic rings. The van der Waals surface area contributed by atoms with E-state index in [1.165, 1.54) is 142 Å². The van der Waals surface area contributed by atoms with Gasteiger partial charge in [0.15, 0.2) is 6.29 Å². The molecule has 0 aromatic heterocycles. The summed E-state index contributed by atoms with van der Waals surface area (Å²) < 4.78 is 11.6. The van der Waals surface area contributed by atoms with E-state index in [0.717, 1.165) is 50.9 Å². The zero-order valence-corrected chi connectivity index (χ0v) is 38.4. The van der Waals surface area contributed by atoms with Crippen LogP contribution in [0.3, 0.4) is 0 Å². The lowest BCUT2D eigenvalue weighted by Gasteiger charge is -2.42. The number of ether oxygens (including phenoxy) is 2. The highest BCUT2D eigenvalue weighted by Gasteiger charge is 2.46. The Labute approximate surface area is 361 Å². The first kappa shape index (κ1) is 55.7. The van der Waals surface area contributed by atoms with Crippen LogP contribution < -0.4 is 10.6 Å². The van der Waals surface area contributed by atoms with Crippen molar-refractivity contribution in [2.24, 2.45) is 5.92 Å². The number of carbonyl (C=O) groups excluding carboxylic acids is 2.